The van der Waals surface area contributed by atoms with Crippen molar-refractivity contribution in [1.29, 1.82) is 0 Å². The molecule has 2 aromatic carbocycles. The number of carboxylic acid groups (broad SMARTS) is 1. The normalized spacial score (nSPS) is 16.4. The molecule has 2 N–H and O–H groups in total. The van der Waals surface area contributed by atoms with E-state index in [0.717, 1.165) is 4.90 Å². The first-order valence-corrected chi connectivity index (χ1v) is 8.13. The second kappa shape index (κ2) is 7.36. The van der Waals surface area contributed by atoms with Gasteiger partial charge in [0.05, 0.1) is 31.9 Å². The summed E-state index contributed by atoms with van der Waals surface area (Å²) in [7, 11) is 2.96. The minimum absolute atomic E-state index is 0.0191. The summed E-state index contributed by atoms with van der Waals surface area (Å²) in [5.74, 6) is -0.911. The van der Waals surface area contributed by atoms with Gasteiger partial charge in [0, 0.05) is 11.8 Å². The maximum Gasteiger partial charge on any atom is 0.335 e. The molecule has 0 unspecified atom stereocenters. The largest absolute Gasteiger partial charge is 0.497 e. The third-order valence-electron chi connectivity index (χ3n) is 4.25. The number of hydrogen-bond donors (Lipinski definition) is 2. The van der Waals surface area contributed by atoms with Crippen molar-refractivity contribution in [2.75, 3.05) is 24.4 Å². The number of aromatic carboxylic acids is 1. The van der Waals surface area contributed by atoms with Crippen LogP contribution in [0.2, 0.25) is 0 Å². The molecule has 1 atom stereocenters. The Morgan fingerprint density at radius 1 is 1.11 bits per heavy atom. The molecule has 0 spiro atoms. The second-order valence-corrected chi connectivity index (χ2v) is 5.89. The Kier molecular flexibility index (Phi) is 4.98. The van der Waals surface area contributed by atoms with Crippen molar-refractivity contribution in [3.8, 4) is 11.5 Å². The molecule has 1 fully saturated rings. The number of carbonyl (C=O) groups excluding carboxylic acids is 2. The molecule has 2 aromatic rings. The Morgan fingerprint density at radius 2 is 1.81 bits per heavy atom. The van der Waals surface area contributed by atoms with E-state index < -0.39 is 17.9 Å². The van der Waals surface area contributed by atoms with Crippen LogP contribution in [0.4, 0.5) is 11.4 Å². The van der Waals surface area contributed by atoms with Crippen molar-refractivity contribution >= 4 is 29.2 Å². The summed E-state index contributed by atoms with van der Waals surface area (Å²) in [5.41, 5.74) is 1.03. The van der Waals surface area contributed by atoms with Crippen LogP contribution in [0.1, 0.15) is 16.8 Å². The average molecular weight is 370 g/mol. The highest BCUT2D eigenvalue weighted by atomic mass is 16.5. The Bertz CT molecular complexity index is 894. The molecule has 0 saturated carbocycles. The minimum Gasteiger partial charge on any atom is -0.497 e. The van der Waals surface area contributed by atoms with E-state index in [1.54, 1.807) is 30.3 Å². The first-order chi connectivity index (χ1) is 12.9. The van der Waals surface area contributed by atoms with Crippen molar-refractivity contribution in [3.05, 3.63) is 48.0 Å². The highest BCUT2D eigenvalue weighted by molar-refractivity contribution is 6.23. The van der Waals surface area contributed by atoms with Crippen LogP contribution in [0.25, 0.3) is 0 Å². The zero-order chi connectivity index (χ0) is 19.6. The van der Waals surface area contributed by atoms with E-state index in [-0.39, 0.29) is 17.9 Å². The Labute approximate surface area is 155 Å². The molecule has 8 nitrogen and oxygen atoms in total. The Hall–Kier alpha value is -3.55. The first-order valence-electron chi connectivity index (χ1n) is 8.13. The van der Waals surface area contributed by atoms with Gasteiger partial charge >= 0.3 is 5.97 Å². The molecule has 0 aliphatic carbocycles. The number of methoxy groups -OCH3 is 2. The number of benzene rings is 2. The highest BCUT2D eigenvalue weighted by Crippen LogP contribution is 2.35. The quantitative estimate of drug-likeness (QED) is 0.751. The van der Waals surface area contributed by atoms with E-state index in [4.69, 9.17) is 14.6 Å². The van der Waals surface area contributed by atoms with Crippen molar-refractivity contribution in [1.82, 2.24) is 0 Å². The predicted octanol–water partition coefficient (Wildman–Crippen LogP) is 2.15. The fraction of sp³-hybridized carbons (Fsp3) is 0.211. The van der Waals surface area contributed by atoms with Crippen LogP contribution in [0.15, 0.2) is 42.5 Å². The third-order valence-corrected chi connectivity index (χ3v) is 4.25. The molecule has 0 aromatic heterocycles. The number of carboxylic acids is 1. The lowest BCUT2D eigenvalue weighted by Crippen LogP contribution is -2.35. The number of anilines is 2. The van der Waals surface area contributed by atoms with Gasteiger partial charge in [0.15, 0.2) is 0 Å². The summed E-state index contributed by atoms with van der Waals surface area (Å²) in [5, 5.41) is 11.9. The topological polar surface area (TPSA) is 105 Å². The summed E-state index contributed by atoms with van der Waals surface area (Å²) in [6, 6.07) is 10.0. The first kappa shape index (κ1) is 18.2. The number of nitrogens with one attached hydrogen (secondary N) is 1. The molecule has 3 rings (SSSR count). The van der Waals surface area contributed by atoms with Gasteiger partial charge in [0.1, 0.15) is 17.5 Å². The maximum atomic E-state index is 12.8. The zero-order valence-corrected chi connectivity index (χ0v) is 14.8. The van der Waals surface area contributed by atoms with Gasteiger partial charge in [-0.1, -0.05) is 0 Å². The molecule has 0 radical (unpaired) electrons. The number of amides is 2. The zero-order valence-electron chi connectivity index (χ0n) is 14.8. The number of hydrogen-bond acceptors (Lipinski definition) is 6. The van der Waals surface area contributed by atoms with Gasteiger partial charge in [-0.05, 0) is 36.4 Å². The van der Waals surface area contributed by atoms with Crippen LogP contribution in [0.3, 0.4) is 0 Å². The van der Waals surface area contributed by atoms with Crippen LogP contribution in [-0.4, -0.2) is 43.2 Å². The van der Waals surface area contributed by atoms with Gasteiger partial charge in [-0.25, -0.2) is 9.69 Å². The summed E-state index contributed by atoms with van der Waals surface area (Å²) in [4.78, 5) is 37.2. The van der Waals surface area contributed by atoms with Gasteiger partial charge in [-0.3, -0.25) is 9.59 Å². The van der Waals surface area contributed by atoms with E-state index in [9.17, 15) is 14.4 Å². The molecule has 1 heterocycles. The van der Waals surface area contributed by atoms with E-state index in [1.807, 2.05) is 0 Å². The van der Waals surface area contributed by atoms with Crippen molar-refractivity contribution < 1.29 is 29.0 Å². The summed E-state index contributed by atoms with van der Waals surface area (Å²) in [6.07, 6.45) is -0.0191. The van der Waals surface area contributed by atoms with Crippen LogP contribution >= 0.6 is 0 Å². The Balaban J connectivity index is 1.82. The standard InChI is InChI=1S/C19H18N2O6/c1-26-13-7-8-15(16(9-13)27-2)21-17(22)10-14(18(21)23)20-12-5-3-11(4-6-12)19(24)25/h3-9,14,20H,10H2,1-2H3,(H,24,25)/t14-/m0/s1. The Morgan fingerprint density at radius 3 is 2.41 bits per heavy atom. The SMILES string of the molecule is COc1ccc(N2C(=O)C[C@H](Nc3ccc(C(=O)O)cc3)C2=O)c(OC)c1. The van der Waals surface area contributed by atoms with Gasteiger partial charge < -0.3 is 19.9 Å². The average Bonchev–Trinajstić information content (AvgIpc) is 2.94. The summed E-state index contributed by atoms with van der Waals surface area (Å²) in [6.45, 7) is 0. The van der Waals surface area contributed by atoms with E-state index in [2.05, 4.69) is 5.32 Å². The van der Waals surface area contributed by atoms with Crippen molar-refractivity contribution in [3.63, 3.8) is 0 Å². The molecule has 0 bridgehead atoms. The number of imide groups is 1. The summed E-state index contributed by atoms with van der Waals surface area (Å²) < 4.78 is 10.4. The van der Waals surface area contributed by atoms with E-state index in [0.29, 0.717) is 22.9 Å². The molecule has 140 valence electrons. The van der Waals surface area contributed by atoms with Gasteiger partial charge in [0.25, 0.3) is 5.91 Å². The number of rotatable bonds is 6. The third kappa shape index (κ3) is 3.55. The van der Waals surface area contributed by atoms with E-state index >= 15 is 0 Å². The molecule has 1 aliphatic rings. The van der Waals surface area contributed by atoms with Gasteiger partial charge in [-0.15, -0.1) is 0 Å². The highest BCUT2D eigenvalue weighted by Gasteiger charge is 2.40. The van der Waals surface area contributed by atoms with Crippen molar-refractivity contribution in [2.45, 2.75) is 12.5 Å². The fourth-order valence-corrected chi connectivity index (χ4v) is 2.88. The lowest BCUT2D eigenvalue weighted by atomic mass is 10.2. The van der Waals surface area contributed by atoms with Crippen LogP contribution < -0.4 is 19.7 Å². The molecular formula is C19H18N2O6. The summed E-state index contributed by atoms with van der Waals surface area (Å²) >= 11 is 0. The smallest absolute Gasteiger partial charge is 0.335 e. The van der Waals surface area contributed by atoms with E-state index in [1.165, 1.54) is 26.4 Å². The number of ether oxygens (including phenoxy) is 2. The lowest BCUT2D eigenvalue weighted by Gasteiger charge is -2.19. The number of carbonyl (C=O) groups is 3. The lowest BCUT2D eigenvalue weighted by molar-refractivity contribution is -0.121. The van der Waals surface area contributed by atoms with Crippen LogP contribution in [-0.2, 0) is 9.59 Å². The molecule has 1 saturated heterocycles. The number of nitrogens with zero attached hydrogens (tertiary/aromatic N) is 1. The molecule has 2 amide bonds. The predicted molar refractivity (Wildman–Crippen MR) is 97.5 cm³/mol. The van der Waals surface area contributed by atoms with Gasteiger partial charge in [-0.2, -0.15) is 0 Å². The van der Waals surface area contributed by atoms with Crippen LogP contribution in [0.5, 0.6) is 11.5 Å². The second-order valence-electron chi connectivity index (χ2n) is 5.89. The van der Waals surface area contributed by atoms with Gasteiger partial charge in [0.2, 0.25) is 5.91 Å². The molecule has 27 heavy (non-hydrogen) atoms. The minimum atomic E-state index is -1.04. The monoisotopic (exact) mass is 370 g/mol. The maximum absolute atomic E-state index is 12.8. The van der Waals surface area contributed by atoms with Crippen LogP contribution in [0, 0.1) is 0 Å². The molecule has 8 heteroatoms. The van der Waals surface area contributed by atoms with Crippen molar-refractivity contribution in [2.24, 2.45) is 0 Å². The fourth-order valence-electron chi connectivity index (χ4n) is 2.88. The molecule has 1 aliphatic heterocycles. The molecular weight excluding hydrogens is 352 g/mol.